The first-order valence-electron chi connectivity index (χ1n) is 6.33. The van der Waals surface area contributed by atoms with E-state index in [1.165, 1.54) is 30.4 Å². The van der Waals surface area contributed by atoms with Crippen molar-refractivity contribution in [3.05, 3.63) is 59.5 Å². The Balaban J connectivity index is 2.14. The number of carbonyl (C=O) groups excluding carboxylic acids is 1. The molecule has 0 unspecified atom stereocenters. The summed E-state index contributed by atoms with van der Waals surface area (Å²) >= 11 is 1.34. The van der Waals surface area contributed by atoms with Gasteiger partial charge < -0.3 is 0 Å². The molecule has 0 aliphatic heterocycles. The van der Waals surface area contributed by atoms with Crippen LogP contribution < -0.4 is 0 Å². The first kappa shape index (κ1) is 13.6. The molecule has 0 atom stereocenters. The minimum atomic E-state index is -0.312. The summed E-state index contributed by atoms with van der Waals surface area (Å²) < 4.78 is 13.0. The number of rotatable bonds is 3. The van der Waals surface area contributed by atoms with Gasteiger partial charge in [0.25, 0.3) is 0 Å². The van der Waals surface area contributed by atoms with Gasteiger partial charge in [0, 0.05) is 30.4 Å². The van der Waals surface area contributed by atoms with Gasteiger partial charge >= 0.3 is 0 Å². The van der Waals surface area contributed by atoms with Crippen LogP contribution in [0.1, 0.15) is 16.6 Å². The molecule has 0 saturated heterocycles. The molecule has 0 amide bonds. The van der Waals surface area contributed by atoms with Crippen molar-refractivity contribution < 1.29 is 9.18 Å². The summed E-state index contributed by atoms with van der Waals surface area (Å²) in [6, 6.07) is 9.68. The normalized spacial score (nSPS) is 10.6. The lowest BCUT2D eigenvalue weighted by Gasteiger charge is -1.99. The zero-order chi connectivity index (χ0) is 14.8. The summed E-state index contributed by atoms with van der Waals surface area (Å²) in [6.07, 6.45) is 3.36. The van der Waals surface area contributed by atoms with Crippen LogP contribution in [0, 0.1) is 5.82 Å². The van der Waals surface area contributed by atoms with Crippen molar-refractivity contribution in [3.8, 4) is 21.8 Å². The standard InChI is InChI=1S/C16H11FN2OS/c1-10(20)15-14(11-2-4-13(17)5-3-11)19-16(21-15)12-6-8-18-9-7-12/h2-9H,1H3. The smallest absolute Gasteiger partial charge is 0.172 e. The fourth-order valence-corrected chi connectivity index (χ4v) is 2.97. The highest BCUT2D eigenvalue weighted by Gasteiger charge is 2.17. The van der Waals surface area contributed by atoms with Crippen LogP contribution in [0.3, 0.4) is 0 Å². The summed E-state index contributed by atoms with van der Waals surface area (Å²) in [5.41, 5.74) is 2.24. The Labute approximate surface area is 125 Å². The summed E-state index contributed by atoms with van der Waals surface area (Å²) in [7, 11) is 0. The Morgan fingerprint density at radius 3 is 2.33 bits per heavy atom. The molecule has 0 saturated carbocycles. The van der Waals surface area contributed by atoms with E-state index >= 15 is 0 Å². The van der Waals surface area contributed by atoms with Crippen molar-refractivity contribution in [1.29, 1.82) is 0 Å². The van der Waals surface area contributed by atoms with E-state index in [1.807, 2.05) is 12.1 Å². The van der Waals surface area contributed by atoms with Gasteiger partial charge in [-0.1, -0.05) is 0 Å². The molecule has 0 fully saturated rings. The van der Waals surface area contributed by atoms with Crippen LogP contribution >= 0.6 is 11.3 Å². The van der Waals surface area contributed by atoms with Gasteiger partial charge in [-0.05, 0) is 36.4 Å². The number of halogens is 1. The summed E-state index contributed by atoms with van der Waals surface area (Å²) in [6.45, 7) is 1.51. The second-order valence-electron chi connectivity index (χ2n) is 4.50. The molecule has 21 heavy (non-hydrogen) atoms. The maximum atomic E-state index is 13.0. The van der Waals surface area contributed by atoms with Crippen molar-refractivity contribution in [2.24, 2.45) is 0 Å². The maximum absolute atomic E-state index is 13.0. The topological polar surface area (TPSA) is 42.9 Å². The first-order chi connectivity index (χ1) is 10.1. The fourth-order valence-electron chi connectivity index (χ4n) is 1.98. The molecule has 0 aliphatic carbocycles. The van der Waals surface area contributed by atoms with E-state index in [0.717, 1.165) is 16.1 Å². The fraction of sp³-hybridized carbons (Fsp3) is 0.0625. The first-order valence-corrected chi connectivity index (χ1v) is 7.15. The van der Waals surface area contributed by atoms with Gasteiger partial charge in [0.2, 0.25) is 0 Å². The van der Waals surface area contributed by atoms with Gasteiger partial charge in [0.1, 0.15) is 10.8 Å². The zero-order valence-electron chi connectivity index (χ0n) is 11.2. The third-order valence-electron chi connectivity index (χ3n) is 2.99. The quantitative estimate of drug-likeness (QED) is 0.680. The molecule has 5 heteroatoms. The molecule has 0 bridgehead atoms. The molecule has 0 N–H and O–H groups in total. The number of hydrogen-bond donors (Lipinski definition) is 0. The average molecular weight is 298 g/mol. The molecule has 3 rings (SSSR count). The van der Waals surface area contributed by atoms with Crippen LogP contribution in [0.2, 0.25) is 0 Å². The number of nitrogens with zero attached hydrogens (tertiary/aromatic N) is 2. The van der Waals surface area contributed by atoms with Gasteiger partial charge in [-0.2, -0.15) is 0 Å². The molecular formula is C16H11FN2OS. The Bertz CT molecular complexity index is 782. The van der Waals surface area contributed by atoms with Crippen LogP contribution in [-0.2, 0) is 0 Å². The number of aromatic nitrogens is 2. The van der Waals surface area contributed by atoms with Gasteiger partial charge in [-0.3, -0.25) is 9.78 Å². The van der Waals surface area contributed by atoms with Crippen molar-refractivity contribution in [2.45, 2.75) is 6.92 Å². The average Bonchev–Trinajstić information content (AvgIpc) is 2.94. The number of hydrogen-bond acceptors (Lipinski definition) is 4. The third kappa shape index (κ3) is 2.73. The van der Waals surface area contributed by atoms with E-state index in [-0.39, 0.29) is 11.6 Å². The number of carbonyl (C=O) groups is 1. The zero-order valence-corrected chi connectivity index (χ0v) is 12.0. The van der Waals surface area contributed by atoms with Crippen molar-refractivity contribution in [2.75, 3.05) is 0 Å². The van der Waals surface area contributed by atoms with Crippen LogP contribution in [0.5, 0.6) is 0 Å². The van der Waals surface area contributed by atoms with Crippen molar-refractivity contribution in [3.63, 3.8) is 0 Å². The van der Waals surface area contributed by atoms with E-state index in [9.17, 15) is 9.18 Å². The molecule has 0 aliphatic rings. The third-order valence-corrected chi connectivity index (χ3v) is 4.20. The van der Waals surface area contributed by atoms with Crippen LogP contribution in [0.4, 0.5) is 4.39 Å². The molecular weight excluding hydrogens is 287 g/mol. The molecule has 3 nitrogen and oxygen atoms in total. The second-order valence-corrected chi connectivity index (χ2v) is 5.49. The predicted octanol–water partition coefficient (Wildman–Crippen LogP) is 4.21. The minimum absolute atomic E-state index is 0.0490. The van der Waals surface area contributed by atoms with E-state index in [1.54, 1.807) is 24.5 Å². The second kappa shape index (κ2) is 5.54. The van der Waals surface area contributed by atoms with Crippen LogP contribution in [0.15, 0.2) is 48.8 Å². The molecule has 104 valence electrons. The van der Waals surface area contributed by atoms with Crippen LogP contribution in [-0.4, -0.2) is 15.8 Å². The lowest BCUT2D eigenvalue weighted by molar-refractivity contribution is 0.102. The maximum Gasteiger partial charge on any atom is 0.172 e. The number of ketones is 1. The number of Topliss-reactive ketones (excluding diaryl/α,β-unsaturated/α-hetero) is 1. The Hall–Kier alpha value is -2.40. The lowest BCUT2D eigenvalue weighted by Crippen LogP contribution is -1.91. The van der Waals surface area contributed by atoms with E-state index < -0.39 is 0 Å². The summed E-state index contributed by atoms with van der Waals surface area (Å²) in [5.74, 6) is -0.361. The lowest BCUT2D eigenvalue weighted by atomic mass is 10.1. The Morgan fingerprint density at radius 1 is 1.05 bits per heavy atom. The monoisotopic (exact) mass is 298 g/mol. The molecule has 0 spiro atoms. The van der Waals surface area contributed by atoms with E-state index in [4.69, 9.17) is 0 Å². The van der Waals surface area contributed by atoms with Gasteiger partial charge in [0.15, 0.2) is 5.78 Å². The SMILES string of the molecule is CC(=O)c1sc(-c2ccncc2)nc1-c1ccc(F)cc1. The van der Waals surface area contributed by atoms with Gasteiger partial charge in [-0.15, -0.1) is 11.3 Å². The van der Waals surface area contributed by atoms with Crippen LogP contribution in [0.25, 0.3) is 21.8 Å². The largest absolute Gasteiger partial charge is 0.294 e. The van der Waals surface area contributed by atoms with Gasteiger partial charge in [0.05, 0.1) is 10.6 Å². The molecule has 0 radical (unpaired) electrons. The number of thiazole rings is 1. The number of benzene rings is 1. The Morgan fingerprint density at radius 2 is 1.71 bits per heavy atom. The highest BCUT2D eigenvalue weighted by molar-refractivity contribution is 7.17. The molecule has 2 heterocycles. The molecule has 1 aromatic carbocycles. The minimum Gasteiger partial charge on any atom is -0.294 e. The van der Waals surface area contributed by atoms with E-state index in [2.05, 4.69) is 9.97 Å². The van der Waals surface area contributed by atoms with Crippen molar-refractivity contribution in [1.82, 2.24) is 9.97 Å². The number of pyridine rings is 1. The van der Waals surface area contributed by atoms with E-state index in [0.29, 0.717) is 10.6 Å². The molecule has 3 aromatic rings. The highest BCUT2D eigenvalue weighted by Crippen LogP contribution is 2.34. The summed E-state index contributed by atoms with van der Waals surface area (Å²) in [5, 5.41) is 0.752. The van der Waals surface area contributed by atoms with Gasteiger partial charge in [-0.25, -0.2) is 9.37 Å². The molecule has 2 aromatic heterocycles. The summed E-state index contributed by atoms with van der Waals surface area (Å²) in [4.78, 5) is 20.9. The highest BCUT2D eigenvalue weighted by atomic mass is 32.1. The Kier molecular flexibility index (Phi) is 3.58. The predicted molar refractivity (Wildman–Crippen MR) is 80.7 cm³/mol. The van der Waals surface area contributed by atoms with Crippen molar-refractivity contribution >= 4 is 17.1 Å².